The summed E-state index contributed by atoms with van der Waals surface area (Å²) in [6.45, 7) is 1.65. The first kappa shape index (κ1) is 20.3. The topological polar surface area (TPSA) is 55.3 Å². The molecule has 0 radical (unpaired) electrons. The van der Waals surface area contributed by atoms with Crippen LogP contribution in [0.2, 0.25) is 0 Å². The van der Waals surface area contributed by atoms with E-state index in [0.29, 0.717) is 23.9 Å². The summed E-state index contributed by atoms with van der Waals surface area (Å²) in [6.07, 6.45) is 11.3. The summed E-state index contributed by atoms with van der Waals surface area (Å²) in [4.78, 5) is 23.9. The third-order valence-corrected chi connectivity index (χ3v) is 5.91. The molecule has 2 aromatic heterocycles. The van der Waals surface area contributed by atoms with Crippen LogP contribution in [-0.4, -0.2) is 27.4 Å². The van der Waals surface area contributed by atoms with Crippen LogP contribution in [0.25, 0.3) is 0 Å². The van der Waals surface area contributed by atoms with E-state index >= 15 is 0 Å². The first-order valence-corrected chi connectivity index (χ1v) is 11.1. The lowest BCUT2D eigenvalue weighted by atomic mass is 9.95. The van der Waals surface area contributed by atoms with Crippen LogP contribution in [0.5, 0.6) is 5.75 Å². The lowest BCUT2D eigenvalue weighted by Crippen LogP contribution is -2.30. The quantitative estimate of drug-likeness (QED) is 0.476. The molecule has 5 nitrogen and oxygen atoms in total. The molecule has 4 rings (SSSR count). The van der Waals surface area contributed by atoms with Crippen molar-refractivity contribution in [1.82, 2.24) is 14.9 Å². The largest absolute Gasteiger partial charge is 0.493 e. The number of ether oxygens (including phenoxy) is 1. The number of aromatic nitrogens is 2. The van der Waals surface area contributed by atoms with Gasteiger partial charge < -0.3 is 9.64 Å². The van der Waals surface area contributed by atoms with Crippen molar-refractivity contribution in [2.45, 2.75) is 32.4 Å². The van der Waals surface area contributed by atoms with Crippen LogP contribution in [0.1, 0.15) is 40.2 Å². The van der Waals surface area contributed by atoms with Gasteiger partial charge in [-0.15, -0.1) is 11.3 Å². The maximum atomic E-state index is 13.1. The number of hydrogen-bond acceptors (Lipinski definition) is 5. The standard InChI is InChI=1S/C24H25N3O2S/c28-24(23-14-25-18-30-23)27(16-21-10-4-5-12-26-21)15-20-9-6-11-22(13-20)29-17-19-7-2-1-3-8-19/h1-2,4-6,9-14,18-19H,3,7-8,15-17H2. The lowest BCUT2D eigenvalue weighted by Gasteiger charge is -2.22. The Morgan fingerprint density at radius 2 is 2.13 bits per heavy atom. The predicted molar refractivity (Wildman–Crippen MR) is 118 cm³/mol. The van der Waals surface area contributed by atoms with Crippen molar-refractivity contribution < 1.29 is 9.53 Å². The molecule has 154 valence electrons. The number of rotatable bonds is 8. The number of hydrogen-bond donors (Lipinski definition) is 0. The Balaban J connectivity index is 1.46. The minimum absolute atomic E-state index is 0.0385. The van der Waals surface area contributed by atoms with Crippen molar-refractivity contribution in [3.05, 3.63) is 88.7 Å². The molecule has 1 atom stereocenters. The number of amides is 1. The molecular formula is C24H25N3O2S. The Morgan fingerprint density at radius 1 is 1.17 bits per heavy atom. The van der Waals surface area contributed by atoms with Gasteiger partial charge >= 0.3 is 0 Å². The predicted octanol–water partition coefficient (Wildman–Crippen LogP) is 5.12. The fourth-order valence-electron chi connectivity index (χ4n) is 3.54. The maximum absolute atomic E-state index is 13.1. The zero-order valence-corrected chi connectivity index (χ0v) is 17.6. The number of thiazole rings is 1. The van der Waals surface area contributed by atoms with Gasteiger partial charge in [0.1, 0.15) is 10.6 Å². The Hall–Kier alpha value is -2.99. The van der Waals surface area contributed by atoms with Gasteiger partial charge in [0.05, 0.1) is 30.6 Å². The fraction of sp³-hybridized carbons (Fsp3) is 0.292. The van der Waals surface area contributed by atoms with Crippen LogP contribution < -0.4 is 4.74 Å². The number of carbonyl (C=O) groups is 1. The highest BCUT2D eigenvalue weighted by molar-refractivity contribution is 7.11. The van der Waals surface area contributed by atoms with E-state index in [1.54, 1.807) is 22.8 Å². The number of nitrogens with zero attached hydrogens (tertiary/aromatic N) is 3. The summed E-state index contributed by atoms with van der Waals surface area (Å²) in [5.74, 6) is 1.39. The normalized spacial score (nSPS) is 15.7. The van der Waals surface area contributed by atoms with Gasteiger partial charge in [-0.05, 0) is 55.0 Å². The first-order chi connectivity index (χ1) is 14.8. The molecule has 1 unspecified atom stereocenters. The van der Waals surface area contributed by atoms with Gasteiger partial charge in [-0.3, -0.25) is 14.8 Å². The van der Waals surface area contributed by atoms with E-state index in [1.807, 2.05) is 42.5 Å². The number of benzene rings is 1. The number of pyridine rings is 1. The highest BCUT2D eigenvalue weighted by Crippen LogP contribution is 2.22. The summed E-state index contributed by atoms with van der Waals surface area (Å²) in [7, 11) is 0. The Kier molecular flexibility index (Phi) is 6.87. The SMILES string of the molecule is O=C(c1cncs1)N(Cc1cccc(OCC2CC=CCC2)c1)Cc1ccccn1. The lowest BCUT2D eigenvalue weighted by molar-refractivity contribution is 0.0732. The Morgan fingerprint density at radius 3 is 2.90 bits per heavy atom. The zero-order chi connectivity index (χ0) is 20.6. The van der Waals surface area contributed by atoms with Crippen molar-refractivity contribution in [2.75, 3.05) is 6.61 Å². The van der Waals surface area contributed by atoms with E-state index < -0.39 is 0 Å². The molecule has 0 fully saturated rings. The fourth-order valence-corrected chi connectivity index (χ4v) is 4.13. The van der Waals surface area contributed by atoms with Gasteiger partial charge in [0.2, 0.25) is 0 Å². The Bertz CT molecular complexity index is 973. The molecule has 0 aliphatic heterocycles. The second kappa shape index (κ2) is 10.2. The molecule has 0 spiro atoms. The highest BCUT2D eigenvalue weighted by Gasteiger charge is 2.19. The van der Waals surface area contributed by atoms with E-state index in [9.17, 15) is 4.79 Å². The molecule has 6 heteroatoms. The number of allylic oxidation sites excluding steroid dienone is 2. The second-order valence-corrected chi connectivity index (χ2v) is 8.34. The average Bonchev–Trinajstić information content (AvgIpc) is 3.33. The van der Waals surface area contributed by atoms with Gasteiger partial charge in [-0.25, -0.2) is 0 Å². The van der Waals surface area contributed by atoms with Crippen molar-refractivity contribution in [1.29, 1.82) is 0 Å². The molecule has 1 aromatic carbocycles. The third-order valence-electron chi connectivity index (χ3n) is 5.14. The van der Waals surface area contributed by atoms with Crippen LogP contribution in [0.4, 0.5) is 0 Å². The third kappa shape index (κ3) is 5.54. The summed E-state index contributed by atoms with van der Waals surface area (Å²) in [6, 6.07) is 13.8. The molecule has 1 amide bonds. The van der Waals surface area contributed by atoms with Crippen molar-refractivity contribution in [3.8, 4) is 5.75 Å². The smallest absolute Gasteiger partial charge is 0.266 e. The van der Waals surface area contributed by atoms with E-state index in [2.05, 4.69) is 22.1 Å². The van der Waals surface area contributed by atoms with E-state index in [4.69, 9.17) is 4.74 Å². The van der Waals surface area contributed by atoms with Crippen LogP contribution >= 0.6 is 11.3 Å². The van der Waals surface area contributed by atoms with Gasteiger partial charge in [0.25, 0.3) is 5.91 Å². The molecular weight excluding hydrogens is 394 g/mol. The molecule has 0 saturated heterocycles. The molecule has 0 saturated carbocycles. The van der Waals surface area contributed by atoms with Crippen molar-refractivity contribution in [3.63, 3.8) is 0 Å². The van der Waals surface area contributed by atoms with Crippen LogP contribution in [0, 0.1) is 5.92 Å². The summed E-state index contributed by atoms with van der Waals surface area (Å²) >= 11 is 1.35. The van der Waals surface area contributed by atoms with Crippen molar-refractivity contribution >= 4 is 17.2 Å². The van der Waals surface area contributed by atoms with Crippen LogP contribution in [-0.2, 0) is 13.1 Å². The summed E-state index contributed by atoms with van der Waals surface area (Å²) < 4.78 is 6.06. The molecule has 3 aromatic rings. The summed E-state index contributed by atoms with van der Waals surface area (Å²) in [5, 5.41) is 0. The van der Waals surface area contributed by atoms with Crippen molar-refractivity contribution in [2.24, 2.45) is 5.92 Å². The minimum atomic E-state index is -0.0385. The van der Waals surface area contributed by atoms with E-state index in [0.717, 1.165) is 36.5 Å². The zero-order valence-electron chi connectivity index (χ0n) is 16.8. The van der Waals surface area contributed by atoms with E-state index in [1.165, 1.54) is 17.8 Å². The molecule has 1 aliphatic carbocycles. The minimum Gasteiger partial charge on any atom is -0.493 e. The molecule has 0 N–H and O–H groups in total. The van der Waals surface area contributed by atoms with Gasteiger partial charge in [0.15, 0.2) is 0 Å². The maximum Gasteiger partial charge on any atom is 0.266 e. The van der Waals surface area contributed by atoms with Crippen LogP contribution in [0.15, 0.2) is 72.5 Å². The second-order valence-electron chi connectivity index (χ2n) is 7.46. The Labute approximate surface area is 181 Å². The average molecular weight is 420 g/mol. The monoisotopic (exact) mass is 419 g/mol. The number of carbonyl (C=O) groups excluding carboxylic acids is 1. The van der Waals surface area contributed by atoms with Gasteiger partial charge in [0, 0.05) is 12.7 Å². The highest BCUT2D eigenvalue weighted by atomic mass is 32.1. The molecule has 30 heavy (non-hydrogen) atoms. The van der Waals surface area contributed by atoms with E-state index in [-0.39, 0.29) is 5.91 Å². The van der Waals surface area contributed by atoms with Gasteiger partial charge in [-0.1, -0.05) is 30.4 Å². The first-order valence-electron chi connectivity index (χ1n) is 10.2. The molecule has 2 heterocycles. The molecule has 0 bridgehead atoms. The van der Waals surface area contributed by atoms with Gasteiger partial charge in [-0.2, -0.15) is 0 Å². The molecule has 1 aliphatic rings. The summed E-state index contributed by atoms with van der Waals surface area (Å²) in [5.41, 5.74) is 3.57. The van der Waals surface area contributed by atoms with Crippen LogP contribution in [0.3, 0.4) is 0 Å².